The van der Waals surface area contributed by atoms with E-state index in [0.29, 0.717) is 31.5 Å². The molecule has 0 amide bonds. The first kappa shape index (κ1) is 24.0. The zero-order valence-corrected chi connectivity index (χ0v) is 20.7. The molecule has 0 heterocycles. The number of rotatable bonds is 12. The van der Waals surface area contributed by atoms with Crippen molar-refractivity contribution in [3.63, 3.8) is 0 Å². The summed E-state index contributed by atoms with van der Waals surface area (Å²) in [5.41, 5.74) is -1.32. The topological polar surface area (TPSA) is 63.6 Å². The summed E-state index contributed by atoms with van der Waals surface area (Å²) < 4.78 is 6.35. The van der Waals surface area contributed by atoms with Crippen molar-refractivity contribution in [1.29, 1.82) is 0 Å². The van der Waals surface area contributed by atoms with Gasteiger partial charge in [-0.2, -0.15) is 0 Å². The first-order valence-electron chi connectivity index (χ1n) is 13.3. The molecule has 4 rings (SSSR count). The van der Waals surface area contributed by atoms with E-state index in [0.717, 1.165) is 37.5 Å². The molecule has 0 spiro atoms. The lowest BCUT2D eigenvalue weighted by Gasteiger charge is -2.58. The third-order valence-corrected chi connectivity index (χ3v) is 10.1. The van der Waals surface area contributed by atoms with Crippen LogP contribution in [0, 0.1) is 45.8 Å². The quantitative estimate of drug-likeness (QED) is 0.218. The second-order valence-corrected chi connectivity index (χ2v) is 11.8. The first-order valence-corrected chi connectivity index (χ1v) is 13.3. The molecule has 0 aliphatic heterocycles. The molecule has 4 aliphatic carbocycles. The van der Waals surface area contributed by atoms with Crippen molar-refractivity contribution in [3.8, 4) is 0 Å². The lowest BCUT2D eigenvalue weighted by atomic mass is 9.43. The standard InChI is InChI=1S/C28H44O4/c1-5-6-7-8-9-10-13-32-18-27-16-22-20(4)11-12-23(22)26(17-29)15-21(27)14-24(19(2)3)28(26,27)25(30)31/h14,17,19-23H,5-13,15-16,18H2,1-4H3,(H,30,31)/t20?,21?,22?,23?,26-,27+,28-/m0/s1. The SMILES string of the molecule is CCCCCCCCOC[C@]12CC3C(C)CCC3[C@@]3(C=O)CC1C=C(C(C)C)[C@@]23C(=O)O. The molecule has 1 N–H and O–H groups in total. The Labute approximate surface area is 194 Å². The van der Waals surface area contributed by atoms with Crippen LogP contribution in [0.1, 0.15) is 91.9 Å². The summed E-state index contributed by atoms with van der Waals surface area (Å²) in [7, 11) is 0. The second-order valence-electron chi connectivity index (χ2n) is 11.8. The lowest BCUT2D eigenvalue weighted by molar-refractivity contribution is -0.186. The zero-order valence-electron chi connectivity index (χ0n) is 20.7. The fourth-order valence-electron chi connectivity index (χ4n) is 8.87. The summed E-state index contributed by atoms with van der Waals surface area (Å²) in [6.07, 6.45) is 14.4. The van der Waals surface area contributed by atoms with Crippen LogP contribution in [0.25, 0.3) is 0 Å². The highest BCUT2D eigenvalue weighted by atomic mass is 16.5. The van der Waals surface area contributed by atoms with Crippen LogP contribution in [0.2, 0.25) is 0 Å². The molecule has 0 radical (unpaired) electrons. The van der Waals surface area contributed by atoms with Gasteiger partial charge in [0.15, 0.2) is 0 Å². The number of unbranched alkanes of at least 4 members (excludes halogenated alkanes) is 5. The Balaban J connectivity index is 1.63. The van der Waals surface area contributed by atoms with Gasteiger partial charge in [0.1, 0.15) is 11.7 Å². The molecule has 4 heteroatoms. The van der Waals surface area contributed by atoms with Crippen LogP contribution >= 0.6 is 0 Å². The average molecular weight is 445 g/mol. The summed E-state index contributed by atoms with van der Waals surface area (Å²) in [6.45, 7) is 9.93. The van der Waals surface area contributed by atoms with Crippen LogP contribution in [0.5, 0.6) is 0 Å². The molecule has 4 nitrogen and oxygen atoms in total. The molecule has 0 saturated heterocycles. The Bertz CT molecular complexity index is 757. The van der Waals surface area contributed by atoms with Crippen molar-refractivity contribution in [3.05, 3.63) is 11.6 Å². The van der Waals surface area contributed by atoms with E-state index >= 15 is 0 Å². The Morgan fingerprint density at radius 2 is 1.91 bits per heavy atom. The first-order chi connectivity index (χ1) is 15.3. The Kier molecular flexibility index (Phi) is 6.66. The molecule has 32 heavy (non-hydrogen) atoms. The number of allylic oxidation sites excluding steroid dienone is 1. The third kappa shape index (κ3) is 3.03. The molecule has 0 aromatic heterocycles. The molecule has 4 bridgehead atoms. The van der Waals surface area contributed by atoms with Gasteiger partial charge in [0.2, 0.25) is 0 Å². The number of carboxylic acid groups (broad SMARTS) is 1. The molecule has 4 aliphatic rings. The number of carbonyl (C=O) groups excluding carboxylic acids is 1. The van der Waals surface area contributed by atoms with Gasteiger partial charge in [-0.05, 0) is 55.3 Å². The summed E-state index contributed by atoms with van der Waals surface area (Å²) in [5, 5.41) is 10.9. The molecule has 180 valence electrons. The molecule has 3 saturated carbocycles. The molecule has 0 aromatic carbocycles. The molecule has 0 aromatic rings. The summed E-state index contributed by atoms with van der Waals surface area (Å²) in [6, 6.07) is 0. The zero-order chi connectivity index (χ0) is 23.1. The fourth-order valence-corrected chi connectivity index (χ4v) is 8.87. The highest BCUT2D eigenvalue weighted by Gasteiger charge is 2.84. The number of aliphatic carboxylic acids is 1. The number of fused-ring (bicyclic) bond motifs is 2. The Morgan fingerprint density at radius 1 is 1.19 bits per heavy atom. The van der Waals surface area contributed by atoms with E-state index in [4.69, 9.17) is 4.74 Å². The number of ether oxygens (including phenoxy) is 1. The number of aldehydes is 1. The normalized spacial score (nSPS) is 41.7. The van der Waals surface area contributed by atoms with Crippen molar-refractivity contribution >= 4 is 12.3 Å². The minimum atomic E-state index is -1.09. The van der Waals surface area contributed by atoms with Crippen LogP contribution in [0.4, 0.5) is 0 Å². The minimum absolute atomic E-state index is 0.129. The van der Waals surface area contributed by atoms with Gasteiger partial charge >= 0.3 is 5.97 Å². The van der Waals surface area contributed by atoms with Crippen LogP contribution < -0.4 is 0 Å². The maximum atomic E-state index is 13.3. The van der Waals surface area contributed by atoms with Gasteiger partial charge in [0, 0.05) is 12.0 Å². The van der Waals surface area contributed by atoms with Gasteiger partial charge in [-0.3, -0.25) is 4.79 Å². The largest absolute Gasteiger partial charge is 0.481 e. The van der Waals surface area contributed by atoms with Crippen molar-refractivity contribution in [2.24, 2.45) is 45.8 Å². The van der Waals surface area contributed by atoms with Crippen LogP contribution in [0.15, 0.2) is 11.6 Å². The van der Waals surface area contributed by atoms with Crippen molar-refractivity contribution < 1.29 is 19.4 Å². The number of hydrogen-bond donors (Lipinski definition) is 1. The molecular weight excluding hydrogens is 400 g/mol. The molecular formula is C28H44O4. The van der Waals surface area contributed by atoms with Crippen molar-refractivity contribution in [2.45, 2.75) is 91.9 Å². The maximum Gasteiger partial charge on any atom is 0.315 e. The molecule has 7 atom stereocenters. The third-order valence-electron chi connectivity index (χ3n) is 10.1. The summed E-state index contributed by atoms with van der Waals surface area (Å²) in [5.74, 6) is 0.696. The van der Waals surface area contributed by atoms with E-state index in [9.17, 15) is 14.7 Å². The monoisotopic (exact) mass is 444 g/mol. The highest BCUT2D eigenvalue weighted by molar-refractivity contribution is 5.90. The van der Waals surface area contributed by atoms with Gasteiger partial charge in [-0.15, -0.1) is 0 Å². The van der Waals surface area contributed by atoms with Gasteiger partial charge < -0.3 is 14.6 Å². The Morgan fingerprint density at radius 3 is 2.56 bits per heavy atom. The smallest absolute Gasteiger partial charge is 0.315 e. The van der Waals surface area contributed by atoms with Crippen LogP contribution in [-0.2, 0) is 14.3 Å². The van der Waals surface area contributed by atoms with E-state index in [-0.39, 0.29) is 17.8 Å². The average Bonchev–Trinajstić information content (AvgIpc) is 3.33. The molecule has 3 fully saturated rings. The molecule has 4 unspecified atom stereocenters. The number of carbonyl (C=O) groups is 2. The van der Waals surface area contributed by atoms with Gasteiger partial charge in [-0.1, -0.05) is 77.9 Å². The number of carboxylic acids is 1. The summed E-state index contributed by atoms with van der Waals surface area (Å²) >= 11 is 0. The van der Waals surface area contributed by atoms with E-state index in [1.807, 2.05) is 0 Å². The van der Waals surface area contributed by atoms with E-state index in [1.165, 1.54) is 32.1 Å². The van der Waals surface area contributed by atoms with Gasteiger partial charge in [0.25, 0.3) is 0 Å². The lowest BCUT2D eigenvalue weighted by Crippen LogP contribution is -2.63. The highest BCUT2D eigenvalue weighted by Crippen LogP contribution is 2.82. The van der Waals surface area contributed by atoms with Crippen molar-refractivity contribution in [2.75, 3.05) is 13.2 Å². The van der Waals surface area contributed by atoms with Crippen LogP contribution in [-0.4, -0.2) is 30.6 Å². The van der Waals surface area contributed by atoms with E-state index in [2.05, 4.69) is 33.8 Å². The van der Waals surface area contributed by atoms with Gasteiger partial charge in [-0.25, -0.2) is 0 Å². The van der Waals surface area contributed by atoms with Crippen molar-refractivity contribution in [1.82, 2.24) is 0 Å². The number of hydrogen-bond acceptors (Lipinski definition) is 3. The van der Waals surface area contributed by atoms with E-state index < -0.39 is 22.2 Å². The van der Waals surface area contributed by atoms with E-state index in [1.54, 1.807) is 0 Å². The van der Waals surface area contributed by atoms with Gasteiger partial charge in [0.05, 0.1) is 12.0 Å². The maximum absolute atomic E-state index is 13.3. The Hall–Kier alpha value is -1.16. The predicted octanol–water partition coefficient (Wildman–Crippen LogP) is 6.29. The summed E-state index contributed by atoms with van der Waals surface area (Å²) in [4.78, 5) is 26.3. The van der Waals surface area contributed by atoms with Crippen LogP contribution in [0.3, 0.4) is 0 Å². The predicted molar refractivity (Wildman–Crippen MR) is 126 cm³/mol. The second kappa shape index (κ2) is 8.89. The fraction of sp³-hybridized carbons (Fsp3) is 0.857. The minimum Gasteiger partial charge on any atom is -0.481 e.